The summed E-state index contributed by atoms with van der Waals surface area (Å²) in [6.45, 7) is 2.96. The van der Waals surface area contributed by atoms with Crippen LogP contribution in [0.2, 0.25) is 0 Å². The number of nitrogens with zero attached hydrogens (tertiary/aromatic N) is 1. The van der Waals surface area contributed by atoms with E-state index in [9.17, 15) is 4.39 Å². The van der Waals surface area contributed by atoms with Crippen LogP contribution in [0.25, 0.3) is 0 Å². The molecule has 18 heavy (non-hydrogen) atoms. The zero-order valence-corrected chi connectivity index (χ0v) is 10.8. The summed E-state index contributed by atoms with van der Waals surface area (Å²) in [5.74, 6) is 0.142. The lowest BCUT2D eigenvalue weighted by Gasteiger charge is -2.16. The van der Waals surface area contributed by atoms with Gasteiger partial charge in [-0.2, -0.15) is 0 Å². The Labute approximate surface area is 107 Å². The van der Waals surface area contributed by atoms with Crippen LogP contribution >= 0.6 is 0 Å². The maximum absolute atomic E-state index is 13.2. The SMILES string of the molecule is COCC(C)Oc1ncc(F)cc1CNC1CC1. The van der Waals surface area contributed by atoms with Gasteiger partial charge >= 0.3 is 0 Å². The standard InChI is InChI=1S/C13H19FN2O2/c1-9(8-17-2)18-13-10(5-11(14)7-16-13)6-15-12-3-4-12/h5,7,9,12,15H,3-4,6,8H2,1-2H3. The lowest BCUT2D eigenvalue weighted by atomic mass is 10.2. The summed E-state index contributed by atoms with van der Waals surface area (Å²) in [5, 5.41) is 3.33. The second kappa shape index (κ2) is 6.11. The van der Waals surface area contributed by atoms with Gasteiger partial charge in [-0.15, -0.1) is 0 Å². The smallest absolute Gasteiger partial charge is 0.218 e. The Kier molecular flexibility index (Phi) is 4.49. The summed E-state index contributed by atoms with van der Waals surface area (Å²) >= 11 is 0. The number of hydrogen-bond acceptors (Lipinski definition) is 4. The predicted octanol–water partition coefficient (Wildman–Crippen LogP) is 1.89. The third-order valence-electron chi connectivity index (χ3n) is 2.76. The molecule has 4 nitrogen and oxygen atoms in total. The van der Waals surface area contributed by atoms with E-state index in [2.05, 4.69) is 10.3 Å². The molecule has 1 unspecified atom stereocenters. The number of nitrogens with one attached hydrogen (secondary N) is 1. The zero-order chi connectivity index (χ0) is 13.0. The molecule has 0 amide bonds. The fourth-order valence-corrected chi connectivity index (χ4v) is 1.70. The van der Waals surface area contributed by atoms with Crippen LogP contribution in [0.1, 0.15) is 25.3 Å². The first kappa shape index (κ1) is 13.2. The van der Waals surface area contributed by atoms with Gasteiger partial charge in [-0.1, -0.05) is 0 Å². The van der Waals surface area contributed by atoms with Crippen molar-refractivity contribution in [3.63, 3.8) is 0 Å². The quantitative estimate of drug-likeness (QED) is 0.807. The van der Waals surface area contributed by atoms with Gasteiger partial charge in [-0.3, -0.25) is 0 Å². The van der Waals surface area contributed by atoms with E-state index in [1.54, 1.807) is 7.11 Å². The average Bonchev–Trinajstić information content (AvgIpc) is 3.14. The van der Waals surface area contributed by atoms with Crippen LogP contribution in [0.15, 0.2) is 12.3 Å². The largest absolute Gasteiger partial charge is 0.472 e. The van der Waals surface area contributed by atoms with Crippen LogP contribution in [0, 0.1) is 5.82 Å². The van der Waals surface area contributed by atoms with Crippen molar-refractivity contribution in [3.05, 3.63) is 23.6 Å². The number of aromatic nitrogens is 1. The summed E-state index contributed by atoms with van der Waals surface area (Å²) in [7, 11) is 1.62. The second-order valence-corrected chi connectivity index (χ2v) is 4.66. The van der Waals surface area contributed by atoms with Crippen LogP contribution < -0.4 is 10.1 Å². The molecular formula is C13H19FN2O2. The van der Waals surface area contributed by atoms with E-state index in [-0.39, 0.29) is 11.9 Å². The number of pyridine rings is 1. The van der Waals surface area contributed by atoms with Crippen LogP contribution in [-0.4, -0.2) is 30.8 Å². The number of ether oxygens (including phenoxy) is 2. The topological polar surface area (TPSA) is 43.4 Å². The van der Waals surface area contributed by atoms with Gasteiger partial charge in [0.1, 0.15) is 11.9 Å². The molecule has 0 radical (unpaired) electrons. The molecule has 1 aromatic rings. The highest BCUT2D eigenvalue weighted by molar-refractivity contribution is 5.26. The molecule has 1 aliphatic rings. The second-order valence-electron chi connectivity index (χ2n) is 4.66. The van der Waals surface area contributed by atoms with Crippen molar-refractivity contribution in [2.45, 2.75) is 38.5 Å². The Morgan fingerprint density at radius 3 is 3.00 bits per heavy atom. The van der Waals surface area contributed by atoms with Crippen molar-refractivity contribution >= 4 is 0 Å². The fraction of sp³-hybridized carbons (Fsp3) is 0.615. The number of rotatable bonds is 7. The molecule has 2 rings (SSSR count). The Bertz CT molecular complexity index is 397. The van der Waals surface area contributed by atoms with E-state index in [4.69, 9.17) is 9.47 Å². The van der Waals surface area contributed by atoms with E-state index in [0.717, 1.165) is 5.56 Å². The molecule has 0 spiro atoms. The minimum atomic E-state index is -0.339. The van der Waals surface area contributed by atoms with E-state index in [0.29, 0.717) is 25.1 Å². The van der Waals surface area contributed by atoms with Crippen LogP contribution in [0.5, 0.6) is 5.88 Å². The lowest BCUT2D eigenvalue weighted by Crippen LogP contribution is -2.21. The van der Waals surface area contributed by atoms with Crippen molar-refractivity contribution in [3.8, 4) is 5.88 Å². The molecule has 1 fully saturated rings. The van der Waals surface area contributed by atoms with Gasteiger partial charge in [0.05, 0.1) is 12.8 Å². The molecule has 0 saturated heterocycles. The number of hydrogen-bond donors (Lipinski definition) is 1. The van der Waals surface area contributed by atoms with Crippen molar-refractivity contribution < 1.29 is 13.9 Å². The molecule has 100 valence electrons. The van der Waals surface area contributed by atoms with Gasteiger partial charge in [0.2, 0.25) is 5.88 Å². The van der Waals surface area contributed by atoms with E-state index in [1.165, 1.54) is 25.1 Å². The highest BCUT2D eigenvalue weighted by atomic mass is 19.1. The maximum Gasteiger partial charge on any atom is 0.218 e. The Morgan fingerprint density at radius 2 is 2.33 bits per heavy atom. The highest BCUT2D eigenvalue weighted by Crippen LogP contribution is 2.22. The molecule has 0 bridgehead atoms. The fourth-order valence-electron chi connectivity index (χ4n) is 1.70. The van der Waals surface area contributed by atoms with E-state index < -0.39 is 0 Å². The third kappa shape index (κ3) is 3.92. The Morgan fingerprint density at radius 1 is 1.56 bits per heavy atom. The van der Waals surface area contributed by atoms with Gasteiger partial charge in [-0.05, 0) is 25.8 Å². The molecule has 1 saturated carbocycles. The molecule has 0 aromatic carbocycles. The Balaban J connectivity index is 2.01. The lowest BCUT2D eigenvalue weighted by molar-refractivity contribution is 0.0880. The molecule has 5 heteroatoms. The number of halogens is 1. The third-order valence-corrected chi connectivity index (χ3v) is 2.76. The van der Waals surface area contributed by atoms with Crippen molar-refractivity contribution in [1.29, 1.82) is 0 Å². The van der Waals surface area contributed by atoms with Gasteiger partial charge in [-0.25, -0.2) is 9.37 Å². The summed E-state index contributed by atoms with van der Waals surface area (Å²) in [6.07, 6.45) is 3.46. The van der Waals surface area contributed by atoms with E-state index in [1.807, 2.05) is 6.92 Å². The van der Waals surface area contributed by atoms with Gasteiger partial charge in [0.25, 0.3) is 0 Å². The monoisotopic (exact) mass is 254 g/mol. The molecule has 1 atom stereocenters. The van der Waals surface area contributed by atoms with Crippen molar-refractivity contribution in [2.75, 3.05) is 13.7 Å². The van der Waals surface area contributed by atoms with Gasteiger partial charge < -0.3 is 14.8 Å². The van der Waals surface area contributed by atoms with Crippen LogP contribution in [0.3, 0.4) is 0 Å². The summed E-state index contributed by atoms with van der Waals surface area (Å²) in [6, 6.07) is 2.04. The molecular weight excluding hydrogens is 235 g/mol. The summed E-state index contributed by atoms with van der Waals surface area (Å²) in [4.78, 5) is 4.01. The predicted molar refractivity (Wildman–Crippen MR) is 66.0 cm³/mol. The first-order valence-corrected chi connectivity index (χ1v) is 6.22. The highest BCUT2D eigenvalue weighted by Gasteiger charge is 2.21. The molecule has 1 aliphatic carbocycles. The first-order chi connectivity index (χ1) is 8.69. The van der Waals surface area contributed by atoms with E-state index >= 15 is 0 Å². The minimum Gasteiger partial charge on any atom is -0.472 e. The Hall–Kier alpha value is -1.20. The van der Waals surface area contributed by atoms with Crippen molar-refractivity contribution in [2.24, 2.45) is 0 Å². The maximum atomic E-state index is 13.2. The molecule has 1 heterocycles. The summed E-state index contributed by atoms with van der Waals surface area (Å²) < 4.78 is 23.9. The molecule has 0 aliphatic heterocycles. The summed E-state index contributed by atoms with van der Waals surface area (Å²) in [5.41, 5.74) is 0.754. The molecule has 1 N–H and O–H groups in total. The minimum absolute atomic E-state index is 0.104. The normalized spacial score (nSPS) is 16.6. The average molecular weight is 254 g/mol. The van der Waals surface area contributed by atoms with Crippen molar-refractivity contribution in [1.82, 2.24) is 10.3 Å². The van der Waals surface area contributed by atoms with Crippen LogP contribution in [-0.2, 0) is 11.3 Å². The first-order valence-electron chi connectivity index (χ1n) is 6.22. The van der Waals surface area contributed by atoms with Crippen LogP contribution in [0.4, 0.5) is 4.39 Å². The van der Waals surface area contributed by atoms with Gasteiger partial charge in [0.15, 0.2) is 0 Å². The van der Waals surface area contributed by atoms with Gasteiger partial charge in [0, 0.05) is 25.3 Å². The zero-order valence-electron chi connectivity index (χ0n) is 10.8. The number of methoxy groups -OCH3 is 1. The molecule has 1 aromatic heterocycles.